The molecule has 0 spiro atoms. The summed E-state index contributed by atoms with van der Waals surface area (Å²) in [7, 11) is 0. The van der Waals surface area contributed by atoms with Gasteiger partial charge in [-0.05, 0) is 43.5 Å². The summed E-state index contributed by atoms with van der Waals surface area (Å²) in [6, 6.07) is 6.44. The van der Waals surface area contributed by atoms with Gasteiger partial charge in [-0.3, -0.25) is 4.79 Å². The van der Waals surface area contributed by atoms with E-state index in [2.05, 4.69) is 28.9 Å². The molecule has 1 saturated carbocycles. The van der Waals surface area contributed by atoms with E-state index in [9.17, 15) is 9.90 Å². The van der Waals surface area contributed by atoms with Crippen LogP contribution in [-0.2, 0) is 4.79 Å². The molecule has 1 aliphatic rings. The van der Waals surface area contributed by atoms with E-state index in [1.165, 1.54) is 18.4 Å². The van der Waals surface area contributed by atoms with Crippen LogP contribution in [0.5, 0.6) is 0 Å². The van der Waals surface area contributed by atoms with E-state index >= 15 is 0 Å². The molecule has 116 valence electrons. The summed E-state index contributed by atoms with van der Waals surface area (Å²) in [5.74, 6) is 0.585. The van der Waals surface area contributed by atoms with Gasteiger partial charge < -0.3 is 10.0 Å². The summed E-state index contributed by atoms with van der Waals surface area (Å²) in [6.07, 6.45) is 4.54. The van der Waals surface area contributed by atoms with Crippen LogP contribution in [0.15, 0.2) is 27.6 Å². The van der Waals surface area contributed by atoms with Gasteiger partial charge in [0.25, 0.3) is 0 Å². The molecule has 0 aromatic heterocycles. The molecule has 0 atom stereocenters. The normalized spacial score (nSPS) is 15.4. The van der Waals surface area contributed by atoms with Crippen molar-refractivity contribution in [3.8, 4) is 0 Å². The minimum Gasteiger partial charge on any atom is -0.395 e. The van der Waals surface area contributed by atoms with Gasteiger partial charge in [0, 0.05) is 22.0 Å². The van der Waals surface area contributed by atoms with Gasteiger partial charge >= 0.3 is 0 Å². The molecule has 1 aromatic rings. The number of carbonyl (C=O) groups excluding carboxylic acids is 1. The van der Waals surface area contributed by atoms with Crippen molar-refractivity contribution in [2.75, 3.05) is 18.9 Å². The third kappa shape index (κ3) is 4.73. The highest BCUT2D eigenvalue weighted by molar-refractivity contribution is 9.10. The lowest BCUT2D eigenvalue weighted by Gasteiger charge is -2.28. The smallest absolute Gasteiger partial charge is 0.233 e. The predicted molar refractivity (Wildman–Crippen MR) is 90.7 cm³/mol. The van der Waals surface area contributed by atoms with Crippen LogP contribution in [0.25, 0.3) is 0 Å². The first-order valence-corrected chi connectivity index (χ1v) is 9.19. The zero-order valence-electron chi connectivity index (χ0n) is 12.3. The molecule has 0 aliphatic heterocycles. The Morgan fingerprint density at radius 1 is 1.43 bits per heavy atom. The Morgan fingerprint density at radius 3 is 2.76 bits per heavy atom. The number of carbonyl (C=O) groups is 1. The van der Waals surface area contributed by atoms with Crippen LogP contribution in [0.4, 0.5) is 0 Å². The van der Waals surface area contributed by atoms with Crippen molar-refractivity contribution in [3.05, 3.63) is 28.2 Å². The Kier molecular flexibility index (Phi) is 6.58. The van der Waals surface area contributed by atoms with E-state index in [-0.39, 0.29) is 12.5 Å². The van der Waals surface area contributed by atoms with E-state index in [4.69, 9.17) is 0 Å². The quantitative estimate of drug-likeness (QED) is 0.776. The van der Waals surface area contributed by atoms with Crippen molar-refractivity contribution in [1.82, 2.24) is 4.90 Å². The van der Waals surface area contributed by atoms with Gasteiger partial charge in [0.15, 0.2) is 0 Å². The van der Waals surface area contributed by atoms with Crippen LogP contribution in [0.3, 0.4) is 0 Å². The molecule has 1 aromatic carbocycles. The molecule has 21 heavy (non-hydrogen) atoms. The van der Waals surface area contributed by atoms with Crippen LogP contribution < -0.4 is 0 Å². The Labute approximate surface area is 139 Å². The average Bonchev–Trinajstić information content (AvgIpc) is 2.97. The zero-order valence-corrected chi connectivity index (χ0v) is 14.8. The number of aliphatic hydroxyl groups excluding tert-OH is 1. The summed E-state index contributed by atoms with van der Waals surface area (Å²) in [4.78, 5) is 15.5. The van der Waals surface area contributed by atoms with E-state index in [1.54, 1.807) is 11.8 Å². The number of aliphatic hydroxyl groups is 1. The first-order valence-electron chi connectivity index (χ1n) is 7.41. The molecule has 1 N–H and O–H groups in total. The third-order valence-corrected chi connectivity index (χ3v) is 5.57. The topological polar surface area (TPSA) is 40.5 Å². The number of nitrogens with zero attached hydrogens (tertiary/aromatic N) is 1. The molecule has 1 amide bonds. The SMILES string of the molecule is Cc1cc(Br)ccc1SCC(=O)N(CCO)C1CCCC1. The van der Waals surface area contributed by atoms with Crippen molar-refractivity contribution >= 4 is 33.6 Å². The number of halogens is 1. The van der Waals surface area contributed by atoms with E-state index in [0.717, 1.165) is 22.2 Å². The summed E-state index contributed by atoms with van der Waals surface area (Å²) >= 11 is 5.04. The van der Waals surface area contributed by atoms with Crippen LogP contribution in [-0.4, -0.2) is 40.9 Å². The number of hydrogen-bond acceptors (Lipinski definition) is 3. The van der Waals surface area contributed by atoms with Gasteiger partial charge in [-0.15, -0.1) is 11.8 Å². The largest absolute Gasteiger partial charge is 0.395 e. The Hall–Kier alpha value is -0.520. The first-order chi connectivity index (χ1) is 10.1. The minimum atomic E-state index is 0.0459. The second kappa shape index (κ2) is 8.20. The van der Waals surface area contributed by atoms with Crippen LogP contribution in [0.2, 0.25) is 0 Å². The fourth-order valence-electron chi connectivity index (χ4n) is 2.83. The molecule has 1 fully saturated rings. The number of thioether (sulfide) groups is 1. The highest BCUT2D eigenvalue weighted by atomic mass is 79.9. The molecule has 5 heteroatoms. The average molecular weight is 372 g/mol. The van der Waals surface area contributed by atoms with E-state index in [0.29, 0.717) is 18.3 Å². The maximum Gasteiger partial charge on any atom is 0.233 e. The van der Waals surface area contributed by atoms with Crippen LogP contribution >= 0.6 is 27.7 Å². The molecule has 0 unspecified atom stereocenters. The lowest BCUT2D eigenvalue weighted by atomic mass is 10.2. The standard InChI is InChI=1S/C16H22BrNO2S/c1-12-10-13(17)6-7-15(12)21-11-16(20)18(8-9-19)14-4-2-3-5-14/h6-7,10,14,19H,2-5,8-9,11H2,1H3. The molecular weight excluding hydrogens is 350 g/mol. The van der Waals surface area contributed by atoms with Gasteiger partial charge in [-0.25, -0.2) is 0 Å². The highest BCUT2D eigenvalue weighted by Crippen LogP contribution is 2.27. The highest BCUT2D eigenvalue weighted by Gasteiger charge is 2.26. The summed E-state index contributed by atoms with van der Waals surface area (Å²) < 4.78 is 1.06. The number of hydrogen-bond donors (Lipinski definition) is 1. The van der Waals surface area contributed by atoms with Crippen molar-refractivity contribution in [2.24, 2.45) is 0 Å². The maximum atomic E-state index is 12.5. The van der Waals surface area contributed by atoms with Gasteiger partial charge in [0.1, 0.15) is 0 Å². The second-order valence-corrected chi connectivity index (χ2v) is 7.38. The fourth-order valence-corrected chi connectivity index (χ4v) is 4.20. The number of amides is 1. The number of aryl methyl sites for hydroxylation is 1. The summed E-state index contributed by atoms with van der Waals surface area (Å²) in [6.45, 7) is 2.56. The molecule has 0 saturated heterocycles. The zero-order chi connectivity index (χ0) is 15.2. The molecule has 0 radical (unpaired) electrons. The molecule has 0 heterocycles. The summed E-state index contributed by atoms with van der Waals surface area (Å²) in [5, 5.41) is 9.20. The first kappa shape index (κ1) is 16.8. The number of benzene rings is 1. The Morgan fingerprint density at radius 2 is 2.14 bits per heavy atom. The second-order valence-electron chi connectivity index (χ2n) is 5.45. The van der Waals surface area contributed by atoms with Crippen molar-refractivity contribution in [1.29, 1.82) is 0 Å². The third-order valence-electron chi connectivity index (χ3n) is 3.91. The van der Waals surface area contributed by atoms with Gasteiger partial charge in [-0.2, -0.15) is 0 Å². The van der Waals surface area contributed by atoms with Crippen molar-refractivity contribution in [2.45, 2.75) is 43.5 Å². The minimum absolute atomic E-state index is 0.0459. The Balaban J connectivity index is 1.95. The monoisotopic (exact) mass is 371 g/mol. The number of rotatable bonds is 6. The van der Waals surface area contributed by atoms with E-state index < -0.39 is 0 Å². The fraction of sp³-hybridized carbons (Fsp3) is 0.562. The maximum absolute atomic E-state index is 12.5. The molecular formula is C16H22BrNO2S. The van der Waals surface area contributed by atoms with Crippen molar-refractivity contribution in [3.63, 3.8) is 0 Å². The lowest BCUT2D eigenvalue weighted by molar-refractivity contribution is -0.131. The molecule has 0 bridgehead atoms. The van der Waals surface area contributed by atoms with E-state index in [1.807, 2.05) is 17.0 Å². The van der Waals surface area contributed by atoms with Crippen LogP contribution in [0.1, 0.15) is 31.2 Å². The Bertz CT molecular complexity index is 489. The predicted octanol–water partition coefficient (Wildman–Crippen LogP) is 3.61. The lowest BCUT2D eigenvalue weighted by Crippen LogP contribution is -2.41. The molecule has 1 aliphatic carbocycles. The van der Waals surface area contributed by atoms with Gasteiger partial charge in [0.05, 0.1) is 12.4 Å². The molecule has 3 nitrogen and oxygen atoms in total. The summed E-state index contributed by atoms with van der Waals surface area (Å²) in [5.41, 5.74) is 1.18. The molecule has 2 rings (SSSR count). The van der Waals surface area contributed by atoms with Gasteiger partial charge in [-0.1, -0.05) is 28.8 Å². The van der Waals surface area contributed by atoms with Gasteiger partial charge in [0.2, 0.25) is 5.91 Å². The van der Waals surface area contributed by atoms with Crippen molar-refractivity contribution < 1.29 is 9.90 Å². The van der Waals surface area contributed by atoms with Crippen LogP contribution in [0, 0.1) is 6.92 Å².